The molecule has 0 amide bonds. The number of likely N-dealkylation sites (tertiary alicyclic amines) is 1. The molecule has 1 fully saturated rings. The summed E-state index contributed by atoms with van der Waals surface area (Å²) in [6.07, 6.45) is 2.17. The van der Waals surface area contributed by atoms with Crippen LogP contribution in [-0.2, 0) is 13.0 Å². The van der Waals surface area contributed by atoms with E-state index in [4.69, 9.17) is 0 Å². The average molecular weight is 370 g/mol. The summed E-state index contributed by atoms with van der Waals surface area (Å²) in [5, 5.41) is 29.1. The van der Waals surface area contributed by atoms with Crippen molar-refractivity contribution in [2.45, 2.75) is 25.5 Å². The molecule has 1 aliphatic rings. The first-order chi connectivity index (χ1) is 13.1. The maximum absolute atomic E-state index is 13.2. The third kappa shape index (κ3) is 3.58. The zero-order valence-corrected chi connectivity index (χ0v) is 15.0. The number of halogens is 1. The van der Waals surface area contributed by atoms with E-state index in [0.717, 1.165) is 23.2 Å². The van der Waals surface area contributed by atoms with Gasteiger partial charge in [-0.15, -0.1) is 0 Å². The van der Waals surface area contributed by atoms with Gasteiger partial charge in [-0.3, -0.25) is 10.00 Å². The van der Waals surface area contributed by atoms with E-state index >= 15 is 0 Å². The van der Waals surface area contributed by atoms with E-state index in [2.05, 4.69) is 20.1 Å². The van der Waals surface area contributed by atoms with Gasteiger partial charge in [0, 0.05) is 36.6 Å². The predicted octanol–water partition coefficient (Wildman–Crippen LogP) is 1.89. The topological polar surface area (TPSA) is 85.3 Å². The molecule has 3 N–H and O–H groups in total. The van der Waals surface area contributed by atoms with Crippen LogP contribution >= 0.6 is 0 Å². The molecule has 0 aliphatic carbocycles. The van der Waals surface area contributed by atoms with Crippen LogP contribution in [0.1, 0.15) is 17.7 Å². The lowest BCUT2D eigenvalue weighted by Crippen LogP contribution is -2.54. The van der Waals surface area contributed by atoms with E-state index in [1.54, 1.807) is 18.3 Å². The maximum atomic E-state index is 13.2. The van der Waals surface area contributed by atoms with Gasteiger partial charge in [-0.1, -0.05) is 12.1 Å². The fourth-order valence-corrected chi connectivity index (χ4v) is 4.02. The molecule has 1 aromatic carbocycles. The summed E-state index contributed by atoms with van der Waals surface area (Å²) in [5.41, 5.74) is 1.89. The van der Waals surface area contributed by atoms with Crippen molar-refractivity contribution in [1.82, 2.24) is 20.1 Å². The zero-order chi connectivity index (χ0) is 18.9. The van der Waals surface area contributed by atoms with E-state index in [-0.39, 0.29) is 12.4 Å². The summed E-state index contributed by atoms with van der Waals surface area (Å²) in [5.74, 6) is -0.289. The van der Waals surface area contributed by atoms with Crippen LogP contribution in [0.25, 0.3) is 11.0 Å². The number of nitrogens with one attached hydrogen (secondary N) is 1. The van der Waals surface area contributed by atoms with Gasteiger partial charge < -0.3 is 10.2 Å². The Balaban J connectivity index is 1.54. The first-order valence-corrected chi connectivity index (χ1v) is 9.13. The van der Waals surface area contributed by atoms with Crippen molar-refractivity contribution < 1.29 is 14.6 Å². The summed E-state index contributed by atoms with van der Waals surface area (Å²) < 4.78 is 13.2. The van der Waals surface area contributed by atoms with Gasteiger partial charge >= 0.3 is 0 Å². The lowest BCUT2D eigenvalue weighted by Gasteiger charge is -2.45. The summed E-state index contributed by atoms with van der Waals surface area (Å²) in [4.78, 5) is 6.46. The molecule has 0 bridgehead atoms. The predicted molar refractivity (Wildman–Crippen MR) is 99.4 cm³/mol. The van der Waals surface area contributed by atoms with Crippen molar-refractivity contribution in [2.24, 2.45) is 5.41 Å². The van der Waals surface area contributed by atoms with Gasteiger partial charge in [0.15, 0.2) is 5.65 Å². The van der Waals surface area contributed by atoms with Crippen LogP contribution in [0, 0.1) is 11.2 Å². The van der Waals surface area contributed by atoms with E-state index in [0.29, 0.717) is 31.6 Å². The number of piperidine rings is 1. The molecule has 7 heteroatoms. The minimum absolute atomic E-state index is 0.132. The van der Waals surface area contributed by atoms with E-state index in [1.807, 2.05) is 12.1 Å². The quantitative estimate of drug-likeness (QED) is 0.639. The second-order valence-electron chi connectivity index (χ2n) is 7.42. The second-order valence-corrected chi connectivity index (χ2v) is 7.42. The van der Waals surface area contributed by atoms with Crippen molar-refractivity contribution in [2.75, 3.05) is 19.7 Å². The number of aromatic nitrogens is 3. The highest BCUT2D eigenvalue weighted by Gasteiger charge is 2.42. The van der Waals surface area contributed by atoms with E-state index in [9.17, 15) is 14.6 Å². The summed E-state index contributed by atoms with van der Waals surface area (Å²) >= 11 is 0. The monoisotopic (exact) mass is 370 g/mol. The molecule has 3 heterocycles. The van der Waals surface area contributed by atoms with Gasteiger partial charge in [0.05, 0.1) is 18.4 Å². The average Bonchev–Trinajstić information content (AvgIpc) is 3.09. The van der Waals surface area contributed by atoms with Crippen molar-refractivity contribution in [1.29, 1.82) is 0 Å². The molecule has 1 aliphatic heterocycles. The van der Waals surface area contributed by atoms with Crippen LogP contribution in [-0.4, -0.2) is 56.1 Å². The normalized spacial score (nSPS) is 23.7. The van der Waals surface area contributed by atoms with Gasteiger partial charge in [-0.25, -0.2) is 9.37 Å². The molecule has 0 saturated carbocycles. The fourth-order valence-electron chi connectivity index (χ4n) is 4.02. The number of nitrogens with zero attached hydrogens (tertiary/aromatic N) is 3. The van der Waals surface area contributed by atoms with Gasteiger partial charge in [-0.2, -0.15) is 5.10 Å². The lowest BCUT2D eigenvalue weighted by atomic mass is 9.73. The third-order valence-electron chi connectivity index (χ3n) is 5.54. The number of aromatic amines is 1. The second kappa shape index (κ2) is 7.34. The Kier molecular flexibility index (Phi) is 4.90. The minimum atomic E-state index is -0.676. The van der Waals surface area contributed by atoms with Crippen molar-refractivity contribution >= 4 is 11.0 Å². The number of benzene rings is 1. The van der Waals surface area contributed by atoms with Gasteiger partial charge in [0.2, 0.25) is 0 Å². The van der Waals surface area contributed by atoms with Gasteiger partial charge in [0.25, 0.3) is 0 Å². The molecule has 27 heavy (non-hydrogen) atoms. The molecule has 0 spiro atoms. The smallest absolute Gasteiger partial charge is 0.181 e. The number of hydrogen-bond donors (Lipinski definition) is 3. The molecular weight excluding hydrogens is 347 g/mol. The highest BCUT2D eigenvalue weighted by Crippen LogP contribution is 2.34. The molecule has 2 atom stereocenters. The molecule has 3 aromatic rings. The molecular formula is C20H23FN4O2. The number of aliphatic hydroxyl groups is 2. The Morgan fingerprint density at radius 2 is 2.07 bits per heavy atom. The van der Waals surface area contributed by atoms with E-state index in [1.165, 1.54) is 12.1 Å². The number of rotatable bonds is 5. The number of pyridine rings is 1. The highest BCUT2D eigenvalue weighted by atomic mass is 19.1. The maximum Gasteiger partial charge on any atom is 0.181 e. The standard InChI is InChI=1S/C20H23FN4O2/c21-15-5-3-14(4-6-15)10-20(13-26)12-25(9-7-18(20)27)11-17-16-2-1-8-22-19(16)24-23-17/h1-6,8,18,26-27H,7,9-13H2,(H,22,23,24)/t18-,20-/m0/s1. The first kappa shape index (κ1) is 18.0. The first-order valence-electron chi connectivity index (χ1n) is 9.13. The molecule has 6 nitrogen and oxygen atoms in total. The molecule has 0 unspecified atom stereocenters. The SMILES string of the molecule is OC[C@]1(Cc2ccc(F)cc2)CN(Cc2[nH]nc3ncccc23)CC[C@@H]1O. The molecule has 2 aromatic heterocycles. The molecule has 4 rings (SSSR count). The minimum Gasteiger partial charge on any atom is -0.396 e. The van der Waals surface area contributed by atoms with Crippen LogP contribution < -0.4 is 0 Å². The highest BCUT2D eigenvalue weighted by molar-refractivity contribution is 5.77. The van der Waals surface area contributed by atoms with Gasteiger partial charge in [0.1, 0.15) is 5.82 Å². The van der Waals surface area contributed by atoms with Crippen LogP contribution in [0.15, 0.2) is 42.6 Å². The van der Waals surface area contributed by atoms with Crippen molar-refractivity contribution in [3.8, 4) is 0 Å². The van der Waals surface area contributed by atoms with Crippen LogP contribution in [0.3, 0.4) is 0 Å². The summed E-state index contributed by atoms with van der Waals surface area (Å²) in [7, 11) is 0. The number of H-pyrrole nitrogens is 1. The molecule has 1 saturated heterocycles. The van der Waals surface area contributed by atoms with Crippen molar-refractivity contribution in [3.05, 3.63) is 59.7 Å². The Hall–Kier alpha value is -2.35. The van der Waals surface area contributed by atoms with Gasteiger partial charge in [-0.05, 0) is 42.7 Å². The van der Waals surface area contributed by atoms with Crippen LogP contribution in [0.4, 0.5) is 4.39 Å². The third-order valence-corrected chi connectivity index (χ3v) is 5.54. The van der Waals surface area contributed by atoms with E-state index < -0.39 is 11.5 Å². The Labute approximate surface area is 156 Å². The summed E-state index contributed by atoms with van der Waals surface area (Å²) in [6.45, 7) is 1.78. The van der Waals surface area contributed by atoms with Crippen LogP contribution in [0.5, 0.6) is 0 Å². The number of aliphatic hydroxyl groups excluding tert-OH is 2. The Morgan fingerprint density at radius 3 is 2.85 bits per heavy atom. The van der Waals surface area contributed by atoms with Crippen LogP contribution in [0.2, 0.25) is 0 Å². The molecule has 0 radical (unpaired) electrons. The molecule has 142 valence electrons. The number of hydrogen-bond acceptors (Lipinski definition) is 5. The Bertz CT molecular complexity index is 914. The number of fused-ring (bicyclic) bond motifs is 1. The zero-order valence-electron chi connectivity index (χ0n) is 15.0. The lowest BCUT2D eigenvalue weighted by molar-refractivity contribution is -0.0770. The van der Waals surface area contributed by atoms with Crippen molar-refractivity contribution in [3.63, 3.8) is 0 Å². The fraction of sp³-hybridized carbons (Fsp3) is 0.400. The summed E-state index contributed by atoms with van der Waals surface area (Å²) in [6, 6.07) is 10.1. The largest absolute Gasteiger partial charge is 0.396 e. The Morgan fingerprint density at radius 1 is 1.26 bits per heavy atom.